The largest absolute Gasteiger partial charge is 0.310 e. The molecule has 1 rings (SSSR count). The van der Waals surface area contributed by atoms with E-state index in [0.29, 0.717) is 6.04 Å². The van der Waals surface area contributed by atoms with E-state index < -0.39 is 0 Å². The number of halogens is 1. The second kappa shape index (κ2) is 7.37. The molecule has 0 aliphatic carbocycles. The van der Waals surface area contributed by atoms with Crippen molar-refractivity contribution in [1.29, 1.82) is 0 Å². The Hall–Kier alpha value is -0.970. The van der Waals surface area contributed by atoms with Crippen LogP contribution < -0.4 is 5.32 Å². The maximum absolute atomic E-state index is 6.06. The average molecular weight is 250 g/mol. The number of aryl methyl sites for hydroxylation is 1. The molecule has 0 amide bonds. The average Bonchev–Trinajstić information content (AvgIpc) is 2.33. The fraction of sp³-hybridized carbons (Fsp3) is 0.467. The van der Waals surface area contributed by atoms with Gasteiger partial charge < -0.3 is 5.32 Å². The Bertz CT molecular complexity index is 392. The molecular formula is C15H20ClN. The van der Waals surface area contributed by atoms with Crippen molar-refractivity contribution in [2.45, 2.75) is 39.2 Å². The van der Waals surface area contributed by atoms with Crippen molar-refractivity contribution >= 4 is 11.6 Å². The van der Waals surface area contributed by atoms with E-state index >= 15 is 0 Å². The summed E-state index contributed by atoms with van der Waals surface area (Å²) in [5.74, 6) is 2.71. The number of benzene rings is 1. The lowest BCUT2D eigenvalue weighted by molar-refractivity contribution is 0.503. The summed E-state index contributed by atoms with van der Waals surface area (Å²) in [5, 5.41) is 4.32. The van der Waals surface area contributed by atoms with E-state index in [1.807, 2.05) is 12.1 Å². The van der Waals surface area contributed by atoms with E-state index in [0.717, 1.165) is 30.8 Å². The predicted molar refractivity (Wildman–Crippen MR) is 75.3 cm³/mol. The van der Waals surface area contributed by atoms with Gasteiger partial charge in [0.15, 0.2) is 0 Å². The molecule has 1 aromatic rings. The van der Waals surface area contributed by atoms with Crippen molar-refractivity contribution in [2.75, 3.05) is 6.54 Å². The van der Waals surface area contributed by atoms with Crippen molar-refractivity contribution in [1.82, 2.24) is 5.32 Å². The summed E-state index contributed by atoms with van der Waals surface area (Å²) >= 11 is 6.06. The molecule has 0 aliphatic rings. The van der Waals surface area contributed by atoms with Crippen molar-refractivity contribution in [3.8, 4) is 12.3 Å². The van der Waals surface area contributed by atoms with Crippen LogP contribution in [0.4, 0.5) is 0 Å². The fourth-order valence-corrected chi connectivity index (χ4v) is 2.08. The zero-order chi connectivity index (χ0) is 12.7. The first-order valence-electron chi connectivity index (χ1n) is 6.12. The zero-order valence-electron chi connectivity index (χ0n) is 10.6. The van der Waals surface area contributed by atoms with Crippen LogP contribution in [0.1, 0.15) is 43.4 Å². The van der Waals surface area contributed by atoms with Crippen molar-refractivity contribution in [2.24, 2.45) is 0 Å². The third-order valence-corrected chi connectivity index (χ3v) is 3.07. The predicted octanol–water partition coefficient (Wildman–Crippen LogP) is 4.10. The second-order valence-electron chi connectivity index (χ2n) is 4.25. The van der Waals surface area contributed by atoms with Gasteiger partial charge in [-0.15, -0.1) is 12.3 Å². The van der Waals surface area contributed by atoms with Gasteiger partial charge in [-0.3, -0.25) is 0 Å². The Morgan fingerprint density at radius 2 is 2.24 bits per heavy atom. The van der Waals surface area contributed by atoms with Gasteiger partial charge in [0.25, 0.3) is 0 Å². The van der Waals surface area contributed by atoms with Crippen LogP contribution in [-0.4, -0.2) is 6.54 Å². The number of hydrogen-bond acceptors (Lipinski definition) is 1. The highest BCUT2D eigenvalue weighted by Gasteiger charge is 2.12. The molecule has 17 heavy (non-hydrogen) atoms. The molecule has 1 atom stereocenters. The first kappa shape index (κ1) is 14.1. The van der Waals surface area contributed by atoms with E-state index in [-0.39, 0.29) is 0 Å². The highest BCUT2D eigenvalue weighted by atomic mass is 35.5. The van der Waals surface area contributed by atoms with Crippen LogP contribution in [0.5, 0.6) is 0 Å². The lowest BCUT2D eigenvalue weighted by Gasteiger charge is -2.20. The summed E-state index contributed by atoms with van der Waals surface area (Å²) in [5.41, 5.74) is 2.53. The minimum Gasteiger partial charge on any atom is -0.310 e. The van der Waals surface area contributed by atoms with Gasteiger partial charge >= 0.3 is 0 Å². The van der Waals surface area contributed by atoms with Crippen LogP contribution in [0.15, 0.2) is 18.2 Å². The van der Waals surface area contributed by atoms with Gasteiger partial charge in [-0.05, 0) is 49.6 Å². The summed E-state index contributed by atoms with van der Waals surface area (Å²) < 4.78 is 0. The van der Waals surface area contributed by atoms with Crippen LogP contribution >= 0.6 is 11.6 Å². The molecule has 0 spiro atoms. The van der Waals surface area contributed by atoms with Crippen LogP contribution in [0.25, 0.3) is 0 Å². The Labute approximate surface area is 110 Å². The van der Waals surface area contributed by atoms with E-state index in [1.165, 1.54) is 11.1 Å². The minimum absolute atomic E-state index is 0.310. The van der Waals surface area contributed by atoms with Crippen molar-refractivity contribution in [3.05, 3.63) is 34.3 Å². The smallest absolute Gasteiger partial charge is 0.0409 e. The summed E-state index contributed by atoms with van der Waals surface area (Å²) in [6.07, 6.45) is 8.21. The highest BCUT2D eigenvalue weighted by Crippen LogP contribution is 2.25. The molecular weight excluding hydrogens is 230 g/mol. The van der Waals surface area contributed by atoms with Crippen LogP contribution in [0.3, 0.4) is 0 Å². The number of nitrogens with one attached hydrogen (secondary N) is 1. The van der Waals surface area contributed by atoms with E-state index in [9.17, 15) is 0 Å². The van der Waals surface area contributed by atoms with E-state index in [4.69, 9.17) is 18.0 Å². The SMILES string of the molecule is C#CCCC(NCCC)c1cc(Cl)ccc1C. The Balaban J connectivity index is 2.86. The Morgan fingerprint density at radius 3 is 2.88 bits per heavy atom. The van der Waals surface area contributed by atoms with Gasteiger partial charge in [0.1, 0.15) is 0 Å². The minimum atomic E-state index is 0.310. The van der Waals surface area contributed by atoms with E-state index in [1.54, 1.807) is 0 Å². The molecule has 0 bridgehead atoms. The van der Waals surface area contributed by atoms with Gasteiger partial charge in [0.2, 0.25) is 0 Å². The standard InChI is InChI=1S/C15H20ClN/c1-4-6-7-15(17-10-5-2)14-11-13(16)9-8-12(14)3/h1,8-9,11,15,17H,5-7,10H2,2-3H3. The van der Waals surface area contributed by atoms with Gasteiger partial charge in [0.05, 0.1) is 0 Å². The zero-order valence-corrected chi connectivity index (χ0v) is 11.3. The molecule has 0 aliphatic heterocycles. The monoisotopic (exact) mass is 249 g/mol. The van der Waals surface area contributed by atoms with Crippen molar-refractivity contribution in [3.63, 3.8) is 0 Å². The Kier molecular flexibility index (Phi) is 6.11. The maximum atomic E-state index is 6.06. The molecule has 1 aromatic carbocycles. The highest BCUT2D eigenvalue weighted by molar-refractivity contribution is 6.30. The summed E-state index contributed by atoms with van der Waals surface area (Å²) in [6.45, 7) is 5.28. The lowest BCUT2D eigenvalue weighted by Crippen LogP contribution is -2.22. The molecule has 2 heteroatoms. The number of rotatable bonds is 6. The summed E-state index contributed by atoms with van der Waals surface area (Å²) in [6, 6.07) is 6.34. The molecule has 92 valence electrons. The van der Waals surface area contributed by atoms with Gasteiger partial charge in [-0.1, -0.05) is 24.6 Å². The van der Waals surface area contributed by atoms with Crippen LogP contribution in [0.2, 0.25) is 5.02 Å². The van der Waals surface area contributed by atoms with Gasteiger partial charge in [0, 0.05) is 17.5 Å². The third kappa shape index (κ3) is 4.42. The molecule has 0 saturated heterocycles. The first-order chi connectivity index (χ1) is 8.19. The second-order valence-corrected chi connectivity index (χ2v) is 4.69. The van der Waals surface area contributed by atoms with Gasteiger partial charge in [-0.25, -0.2) is 0 Å². The number of hydrogen-bond donors (Lipinski definition) is 1. The molecule has 0 fully saturated rings. The number of terminal acetylenes is 1. The topological polar surface area (TPSA) is 12.0 Å². The molecule has 1 unspecified atom stereocenters. The van der Waals surface area contributed by atoms with Gasteiger partial charge in [-0.2, -0.15) is 0 Å². The molecule has 0 radical (unpaired) electrons. The molecule has 1 nitrogen and oxygen atoms in total. The van der Waals surface area contributed by atoms with Crippen molar-refractivity contribution < 1.29 is 0 Å². The molecule has 0 saturated carbocycles. The molecule has 0 heterocycles. The molecule has 0 aromatic heterocycles. The Morgan fingerprint density at radius 1 is 1.47 bits per heavy atom. The fourth-order valence-electron chi connectivity index (χ4n) is 1.90. The third-order valence-electron chi connectivity index (χ3n) is 2.83. The normalized spacial score (nSPS) is 12.1. The van der Waals surface area contributed by atoms with E-state index in [2.05, 4.69) is 31.2 Å². The van der Waals surface area contributed by atoms with Crippen LogP contribution in [-0.2, 0) is 0 Å². The van der Waals surface area contributed by atoms with Crippen LogP contribution in [0, 0.1) is 19.3 Å². The quantitative estimate of drug-likeness (QED) is 0.749. The maximum Gasteiger partial charge on any atom is 0.0409 e. The summed E-state index contributed by atoms with van der Waals surface area (Å²) in [4.78, 5) is 0. The lowest BCUT2D eigenvalue weighted by atomic mass is 9.97. The summed E-state index contributed by atoms with van der Waals surface area (Å²) in [7, 11) is 0. The molecule has 1 N–H and O–H groups in total. The first-order valence-corrected chi connectivity index (χ1v) is 6.49.